The van der Waals surface area contributed by atoms with Crippen LogP contribution in [0.2, 0.25) is 0 Å². The van der Waals surface area contributed by atoms with Crippen LogP contribution in [0.4, 0.5) is 0 Å². The summed E-state index contributed by atoms with van der Waals surface area (Å²) in [4.78, 5) is 0. The van der Waals surface area contributed by atoms with Gasteiger partial charge < -0.3 is 36.9 Å². The Labute approximate surface area is 80.2 Å². The number of hydrogen-bond acceptors (Lipinski definition) is 6. The van der Waals surface area contributed by atoms with E-state index in [4.69, 9.17) is 0 Å². The summed E-state index contributed by atoms with van der Waals surface area (Å²) in [6.45, 7) is 0. The zero-order valence-corrected chi connectivity index (χ0v) is 9.07. The van der Waals surface area contributed by atoms with Crippen LogP contribution < -0.4 is 36.9 Å². The van der Waals surface area contributed by atoms with Crippen LogP contribution in [-0.4, -0.2) is 0 Å². The molecule has 0 aliphatic rings. The van der Waals surface area contributed by atoms with Crippen LogP contribution >= 0.6 is 24.0 Å². The maximum Gasteiger partial charge on any atom is 0 e. The van der Waals surface area contributed by atoms with Gasteiger partial charge in [0, 0.05) is 19.5 Å². The van der Waals surface area contributed by atoms with Crippen LogP contribution in [0.5, 0.6) is 0 Å². The second kappa shape index (κ2) is 331. The first kappa shape index (κ1) is 484. The Hall–Kier alpha value is 1.11. The molecule has 0 aromatic heterocycles. The monoisotopic (exact) mass is 332 g/mol. The van der Waals surface area contributed by atoms with E-state index in [-0.39, 0.29) is 80.4 Å². The van der Waals surface area contributed by atoms with Gasteiger partial charge in [-0.1, -0.05) is 0 Å². The minimum Gasteiger partial charge on any atom is -0.344 e. The normalized spacial score (nSPS) is 0. The SMILES string of the molecule is I.N.N.N.N.N.N.[Ru]. The molecule has 0 saturated heterocycles. The van der Waals surface area contributed by atoms with Gasteiger partial charge in [0.1, 0.15) is 0 Å². The average molecular weight is 331 g/mol. The molecule has 0 heterocycles. The first-order valence-electron chi connectivity index (χ1n) is 0. The third-order valence-corrected chi connectivity index (χ3v) is 0. The second-order valence-electron chi connectivity index (χ2n) is 0. The predicted molar refractivity (Wildman–Crippen MR) is 45.5 cm³/mol. The van der Waals surface area contributed by atoms with Crippen molar-refractivity contribution in [3.8, 4) is 0 Å². The van der Waals surface area contributed by atoms with Crippen molar-refractivity contribution in [2.75, 3.05) is 0 Å². The van der Waals surface area contributed by atoms with E-state index in [2.05, 4.69) is 0 Å². The zero-order chi connectivity index (χ0) is 0. The third-order valence-electron chi connectivity index (χ3n) is 0. The fourth-order valence-corrected chi connectivity index (χ4v) is 0. The summed E-state index contributed by atoms with van der Waals surface area (Å²) in [5.74, 6) is 0. The number of halogens is 1. The second-order valence-corrected chi connectivity index (χ2v) is 0. The van der Waals surface area contributed by atoms with Gasteiger partial charge in [0.2, 0.25) is 0 Å². The van der Waals surface area contributed by atoms with Gasteiger partial charge >= 0.3 is 0 Å². The molecule has 8 heteroatoms. The maximum atomic E-state index is 0. The number of rotatable bonds is 0. The molecule has 0 spiro atoms. The molecule has 0 saturated carbocycles. The van der Waals surface area contributed by atoms with E-state index >= 15 is 0 Å². The van der Waals surface area contributed by atoms with Gasteiger partial charge in [-0.25, -0.2) is 0 Å². The first-order valence-corrected chi connectivity index (χ1v) is 0. The summed E-state index contributed by atoms with van der Waals surface area (Å²) in [5.41, 5.74) is 0. The van der Waals surface area contributed by atoms with E-state index in [1.165, 1.54) is 0 Å². The van der Waals surface area contributed by atoms with E-state index in [1.54, 1.807) is 0 Å². The van der Waals surface area contributed by atoms with E-state index in [1.807, 2.05) is 0 Å². The van der Waals surface area contributed by atoms with Gasteiger partial charge in [-0.2, -0.15) is 0 Å². The zero-order valence-electron chi connectivity index (χ0n) is 5.00. The smallest absolute Gasteiger partial charge is 0 e. The molecule has 6 nitrogen and oxygen atoms in total. The summed E-state index contributed by atoms with van der Waals surface area (Å²) < 4.78 is 0. The molecule has 64 valence electrons. The van der Waals surface area contributed by atoms with Crippen molar-refractivity contribution in [3.05, 3.63) is 0 Å². The Kier molecular flexibility index (Phi) is 20000. The predicted octanol–water partition coefficient (Wildman–Crippen LogP) is 1.59. The number of hydrogen-bond donors (Lipinski definition) is 6. The van der Waals surface area contributed by atoms with Crippen molar-refractivity contribution in [2.24, 2.45) is 0 Å². The fraction of sp³-hybridized carbons (Fsp3) is 0. The van der Waals surface area contributed by atoms with Crippen LogP contribution in [0.1, 0.15) is 0 Å². The van der Waals surface area contributed by atoms with Gasteiger partial charge in [0.05, 0.1) is 0 Å². The van der Waals surface area contributed by atoms with E-state index in [0.717, 1.165) is 0 Å². The summed E-state index contributed by atoms with van der Waals surface area (Å²) >= 11 is 0. The van der Waals surface area contributed by atoms with Crippen molar-refractivity contribution < 1.29 is 19.5 Å². The van der Waals surface area contributed by atoms with E-state index < -0.39 is 0 Å². The molecule has 0 aromatic carbocycles. The van der Waals surface area contributed by atoms with Crippen molar-refractivity contribution in [2.45, 2.75) is 0 Å². The van der Waals surface area contributed by atoms with Gasteiger partial charge in [0.25, 0.3) is 0 Å². The van der Waals surface area contributed by atoms with Crippen LogP contribution in [0.3, 0.4) is 0 Å². The molecule has 8 heavy (non-hydrogen) atoms. The van der Waals surface area contributed by atoms with Crippen molar-refractivity contribution in [1.82, 2.24) is 36.9 Å². The van der Waals surface area contributed by atoms with Crippen LogP contribution in [0.15, 0.2) is 0 Å². The molecule has 0 unspecified atom stereocenters. The van der Waals surface area contributed by atoms with Gasteiger partial charge in [-0.3, -0.25) is 0 Å². The molecule has 0 aromatic rings. The molecule has 18 N–H and O–H groups in total. The van der Waals surface area contributed by atoms with E-state index in [9.17, 15) is 0 Å². The quantitative estimate of drug-likeness (QED) is 0.286. The minimum absolute atomic E-state index is 0. The Morgan fingerprint density at radius 1 is 0.375 bits per heavy atom. The Bertz CT molecular complexity index is 8.49. The topological polar surface area (TPSA) is 210 Å². The van der Waals surface area contributed by atoms with Crippen molar-refractivity contribution in [1.29, 1.82) is 0 Å². The maximum absolute atomic E-state index is 0. The van der Waals surface area contributed by atoms with Crippen molar-refractivity contribution >= 4 is 24.0 Å². The molecule has 0 aliphatic heterocycles. The molecule has 0 atom stereocenters. The largest absolute Gasteiger partial charge is 0.344 e. The van der Waals surface area contributed by atoms with Crippen molar-refractivity contribution in [3.63, 3.8) is 0 Å². The molecule has 0 amide bonds. The van der Waals surface area contributed by atoms with Crippen LogP contribution in [0, 0.1) is 0 Å². The fourth-order valence-electron chi connectivity index (χ4n) is 0. The third kappa shape index (κ3) is 214. The molecule has 0 rings (SSSR count). The molecular formula is H19IN6Ru. The molecule has 0 radical (unpaired) electrons. The molecule has 0 aliphatic carbocycles. The minimum atomic E-state index is 0. The van der Waals surface area contributed by atoms with Crippen LogP contribution in [-0.2, 0) is 19.5 Å². The van der Waals surface area contributed by atoms with Gasteiger partial charge in [0.15, 0.2) is 0 Å². The molecule has 0 fully saturated rings. The summed E-state index contributed by atoms with van der Waals surface area (Å²) in [6, 6.07) is 0. The molecule has 0 bridgehead atoms. The first-order chi connectivity index (χ1) is 0. The summed E-state index contributed by atoms with van der Waals surface area (Å²) in [5, 5.41) is 0. The Morgan fingerprint density at radius 2 is 0.375 bits per heavy atom. The summed E-state index contributed by atoms with van der Waals surface area (Å²) in [6.07, 6.45) is 0. The van der Waals surface area contributed by atoms with Gasteiger partial charge in [-0.15, -0.1) is 24.0 Å². The summed E-state index contributed by atoms with van der Waals surface area (Å²) in [7, 11) is 0. The Balaban J connectivity index is 0. The van der Waals surface area contributed by atoms with Crippen LogP contribution in [0.25, 0.3) is 0 Å². The van der Waals surface area contributed by atoms with E-state index in [0.29, 0.717) is 0 Å². The Morgan fingerprint density at radius 3 is 0.375 bits per heavy atom. The van der Waals surface area contributed by atoms with Gasteiger partial charge in [-0.05, 0) is 0 Å². The molecular weight excluding hydrogens is 312 g/mol. The standard InChI is InChI=1S/HI.6H3N.Ru/h1H;6*1H3;. The average Bonchev–Trinajstić information content (AvgIpc) is 0.